The number of aromatic nitrogens is 4. The minimum absolute atomic E-state index is 0.792. The van der Waals surface area contributed by atoms with Crippen LogP contribution in [0.25, 0.3) is 0 Å². The molecule has 0 atom stereocenters. The molecule has 0 unspecified atom stereocenters. The molecule has 4 nitrogen and oxygen atoms in total. The highest BCUT2D eigenvalue weighted by Gasteiger charge is 2.04. The summed E-state index contributed by atoms with van der Waals surface area (Å²) in [5, 5.41) is 7.28. The van der Waals surface area contributed by atoms with E-state index in [-0.39, 0.29) is 0 Å². The molecule has 0 aliphatic rings. The second kappa shape index (κ2) is 6.10. The number of hydrogen-bond donors (Lipinski definition) is 1. The summed E-state index contributed by atoms with van der Waals surface area (Å²) in [5.41, 5.74) is 2.45. The Bertz CT molecular complexity index is 647. The van der Waals surface area contributed by atoms with Gasteiger partial charge in [0.25, 0.3) is 0 Å². The van der Waals surface area contributed by atoms with Crippen molar-refractivity contribution in [2.75, 3.05) is 0 Å². The van der Waals surface area contributed by atoms with Crippen LogP contribution in [0.3, 0.4) is 0 Å². The van der Waals surface area contributed by atoms with Crippen molar-refractivity contribution in [3.8, 4) is 0 Å². The quantitative estimate of drug-likeness (QED) is 0.770. The van der Waals surface area contributed by atoms with Crippen LogP contribution in [0.15, 0.2) is 54.9 Å². The van der Waals surface area contributed by atoms with Gasteiger partial charge in [-0.2, -0.15) is 5.10 Å². The predicted molar refractivity (Wildman–Crippen MR) is 77.3 cm³/mol. The minimum Gasteiger partial charge on any atom is -0.264 e. The van der Waals surface area contributed by atoms with Crippen molar-refractivity contribution in [2.45, 2.75) is 19.3 Å². The Morgan fingerprint density at radius 3 is 2.55 bits per heavy atom. The third kappa shape index (κ3) is 3.29. The highest BCUT2D eigenvalue weighted by molar-refractivity contribution is 5.18. The maximum absolute atomic E-state index is 4.53. The number of aryl methyl sites for hydroxylation is 2. The van der Waals surface area contributed by atoms with Crippen LogP contribution in [0.2, 0.25) is 0 Å². The van der Waals surface area contributed by atoms with Crippen LogP contribution in [-0.2, 0) is 19.3 Å². The lowest BCUT2D eigenvalue weighted by molar-refractivity contribution is 0.861. The van der Waals surface area contributed by atoms with Crippen molar-refractivity contribution in [1.29, 1.82) is 0 Å². The van der Waals surface area contributed by atoms with E-state index in [4.69, 9.17) is 0 Å². The number of rotatable bonds is 5. The molecule has 0 bridgehead atoms. The van der Waals surface area contributed by atoms with Gasteiger partial charge in [-0.25, -0.2) is 4.98 Å². The molecule has 3 rings (SSSR count). The highest BCUT2D eigenvalue weighted by atomic mass is 15.2. The number of H-pyrrole nitrogens is 1. The van der Waals surface area contributed by atoms with Gasteiger partial charge in [0.2, 0.25) is 0 Å². The summed E-state index contributed by atoms with van der Waals surface area (Å²) >= 11 is 0. The second-order valence-corrected chi connectivity index (χ2v) is 4.72. The first kappa shape index (κ1) is 12.5. The molecule has 100 valence electrons. The van der Waals surface area contributed by atoms with Gasteiger partial charge in [-0.1, -0.05) is 36.4 Å². The summed E-state index contributed by atoms with van der Waals surface area (Å²) in [7, 11) is 0. The van der Waals surface area contributed by atoms with E-state index in [1.807, 2.05) is 30.5 Å². The van der Waals surface area contributed by atoms with Gasteiger partial charge < -0.3 is 0 Å². The Hall–Kier alpha value is -2.49. The summed E-state index contributed by atoms with van der Waals surface area (Å²) < 4.78 is 0. The average Bonchev–Trinajstić information content (AvgIpc) is 2.95. The number of pyridine rings is 1. The monoisotopic (exact) mass is 264 g/mol. The number of nitrogens with one attached hydrogen (secondary N) is 1. The van der Waals surface area contributed by atoms with Crippen LogP contribution in [0.5, 0.6) is 0 Å². The lowest BCUT2D eigenvalue weighted by atomic mass is 10.1. The van der Waals surface area contributed by atoms with Gasteiger partial charge in [0.15, 0.2) is 5.82 Å². The number of aromatic amines is 1. The fraction of sp³-hybridized carbons (Fsp3) is 0.188. The molecule has 0 saturated heterocycles. The molecule has 0 aliphatic heterocycles. The Morgan fingerprint density at radius 1 is 0.900 bits per heavy atom. The third-order valence-corrected chi connectivity index (χ3v) is 3.15. The Morgan fingerprint density at radius 2 is 1.75 bits per heavy atom. The third-order valence-electron chi connectivity index (χ3n) is 3.15. The normalized spacial score (nSPS) is 10.6. The number of hydrogen-bond acceptors (Lipinski definition) is 3. The summed E-state index contributed by atoms with van der Waals surface area (Å²) in [6, 6.07) is 14.3. The topological polar surface area (TPSA) is 54.5 Å². The van der Waals surface area contributed by atoms with Gasteiger partial charge in [0, 0.05) is 25.2 Å². The van der Waals surface area contributed by atoms with Crippen LogP contribution >= 0.6 is 0 Å². The van der Waals surface area contributed by atoms with Crippen molar-refractivity contribution in [1.82, 2.24) is 20.2 Å². The van der Waals surface area contributed by atoms with E-state index < -0.39 is 0 Å². The summed E-state index contributed by atoms with van der Waals surface area (Å²) in [6.45, 7) is 0. The van der Waals surface area contributed by atoms with Gasteiger partial charge in [-0.05, 0) is 23.6 Å². The van der Waals surface area contributed by atoms with E-state index in [0.29, 0.717) is 0 Å². The van der Waals surface area contributed by atoms with Gasteiger partial charge >= 0.3 is 0 Å². The van der Waals surface area contributed by atoms with Crippen molar-refractivity contribution in [3.05, 3.63) is 77.6 Å². The van der Waals surface area contributed by atoms with Crippen molar-refractivity contribution >= 4 is 0 Å². The molecule has 2 heterocycles. The largest absolute Gasteiger partial charge is 0.264 e. The molecule has 1 aromatic carbocycles. The molecule has 0 saturated carbocycles. The zero-order valence-electron chi connectivity index (χ0n) is 11.2. The van der Waals surface area contributed by atoms with E-state index >= 15 is 0 Å². The van der Waals surface area contributed by atoms with E-state index in [1.165, 1.54) is 11.1 Å². The smallest absolute Gasteiger partial charge is 0.151 e. The van der Waals surface area contributed by atoms with E-state index in [9.17, 15) is 0 Å². The fourth-order valence-electron chi connectivity index (χ4n) is 2.12. The molecule has 0 spiro atoms. The van der Waals surface area contributed by atoms with E-state index in [1.54, 1.807) is 6.20 Å². The van der Waals surface area contributed by atoms with Crippen LogP contribution < -0.4 is 0 Å². The Balaban J connectivity index is 1.60. The number of nitrogens with zero attached hydrogens (tertiary/aromatic N) is 3. The van der Waals surface area contributed by atoms with Crippen molar-refractivity contribution in [2.24, 2.45) is 0 Å². The molecule has 20 heavy (non-hydrogen) atoms. The standard InChI is InChI=1S/C16H16N4/c1-2-5-13(6-3-1)11-16-18-15(19-20-16)9-8-14-7-4-10-17-12-14/h1-7,10,12H,8-9,11H2,(H,18,19,20). The summed E-state index contributed by atoms with van der Waals surface area (Å²) in [5.74, 6) is 1.78. The summed E-state index contributed by atoms with van der Waals surface area (Å²) in [4.78, 5) is 8.64. The predicted octanol–water partition coefficient (Wildman–Crippen LogP) is 2.58. The lowest BCUT2D eigenvalue weighted by Crippen LogP contribution is -1.94. The van der Waals surface area contributed by atoms with E-state index in [0.717, 1.165) is 30.9 Å². The molecule has 4 heteroatoms. The zero-order chi connectivity index (χ0) is 13.6. The van der Waals surface area contributed by atoms with Gasteiger partial charge in [0.1, 0.15) is 5.82 Å². The maximum Gasteiger partial charge on any atom is 0.151 e. The maximum atomic E-state index is 4.53. The van der Waals surface area contributed by atoms with Crippen molar-refractivity contribution in [3.63, 3.8) is 0 Å². The molecular formula is C16H16N4. The zero-order valence-corrected chi connectivity index (χ0v) is 11.2. The van der Waals surface area contributed by atoms with E-state index in [2.05, 4.69) is 38.4 Å². The molecule has 0 radical (unpaired) electrons. The molecule has 0 amide bonds. The van der Waals surface area contributed by atoms with Crippen LogP contribution in [0, 0.1) is 0 Å². The molecule has 0 fully saturated rings. The van der Waals surface area contributed by atoms with Gasteiger partial charge in [0.05, 0.1) is 0 Å². The fourth-order valence-corrected chi connectivity index (χ4v) is 2.12. The van der Waals surface area contributed by atoms with Gasteiger partial charge in [-0.3, -0.25) is 10.1 Å². The first-order chi connectivity index (χ1) is 9.90. The first-order valence-electron chi connectivity index (χ1n) is 6.73. The molecule has 1 N–H and O–H groups in total. The van der Waals surface area contributed by atoms with Crippen molar-refractivity contribution < 1.29 is 0 Å². The number of benzene rings is 1. The van der Waals surface area contributed by atoms with Crippen LogP contribution in [-0.4, -0.2) is 20.2 Å². The van der Waals surface area contributed by atoms with Crippen LogP contribution in [0.4, 0.5) is 0 Å². The first-order valence-corrected chi connectivity index (χ1v) is 6.73. The molecular weight excluding hydrogens is 248 g/mol. The SMILES string of the molecule is c1ccc(Cc2nc(CCc3cccnc3)n[nH]2)cc1. The minimum atomic E-state index is 0.792. The van der Waals surface area contributed by atoms with Crippen LogP contribution in [0.1, 0.15) is 22.8 Å². The highest BCUT2D eigenvalue weighted by Crippen LogP contribution is 2.07. The average molecular weight is 264 g/mol. The molecule has 2 aromatic heterocycles. The lowest BCUT2D eigenvalue weighted by Gasteiger charge is -1.97. The molecule has 3 aromatic rings. The summed E-state index contributed by atoms with van der Waals surface area (Å²) in [6.07, 6.45) is 6.21. The Kier molecular flexibility index (Phi) is 3.83. The molecule has 0 aliphatic carbocycles. The second-order valence-electron chi connectivity index (χ2n) is 4.72. The Labute approximate surface area is 117 Å². The van der Waals surface area contributed by atoms with Gasteiger partial charge in [-0.15, -0.1) is 0 Å².